The number of hydrogen-bond acceptors (Lipinski definition) is 18. The van der Waals surface area contributed by atoms with Gasteiger partial charge in [-0.1, -0.05) is 30.1 Å². The van der Waals surface area contributed by atoms with E-state index < -0.39 is 101 Å². The Bertz CT molecular complexity index is 2520. The molecule has 2 aromatic carbocycles. The molecule has 2 amide bonds. The van der Waals surface area contributed by atoms with E-state index in [0.29, 0.717) is 119 Å². The number of amides is 2. The predicted octanol–water partition coefficient (Wildman–Crippen LogP) is 2.68. The van der Waals surface area contributed by atoms with Gasteiger partial charge in [0.1, 0.15) is 0 Å². The van der Waals surface area contributed by atoms with Crippen molar-refractivity contribution >= 4 is 80.2 Å². The van der Waals surface area contributed by atoms with Crippen molar-refractivity contribution in [2.75, 3.05) is 95.8 Å². The maximum absolute atomic E-state index is 12.3. The molecule has 0 aliphatic heterocycles. The molecular formula is C50H70N8O18S2. The van der Waals surface area contributed by atoms with Crippen LogP contribution in [0.1, 0.15) is 69.8 Å². The highest BCUT2D eigenvalue weighted by molar-refractivity contribution is 7.90. The number of rotatable bonds is 38. The Morgan fingerprint density at radius 1 is 0.679 bits per heavy atom. The number of benzene rings is 2. The second-order valence-corrected chi connectivity index (χ2v) is 20.9. The second kappa shape index (κ2) is 33.6. The molecule has 0 spiro atoms. The number of carbonyl (C=O) groups excluding carboxylic acids is 2. The number of thiocarbonyl (C=S) groups is 1. The number of anilines is 2. The maximum Gasteiger partial charge on any atom is 0.335 e. The number of carboxylic acid groups (broad SMARTS) is 5. The maximum atomic E-state index is 12.3. The van der Waals surface area contributed by atoms with E-state index in [1.165, 1.54) is 4.90 Å². The minimum Gasteiger partial charge on any atom is -0.481 e. The number of carbonyl (C=O) groups is 7. The van der Waals surface area contributed by atoms with Gasteiger partial charge in [-0.2, -0.15) is 0 Å². The molecule has 4 rings (SSSR count). The Morgan fingerprint density at radius 2 is 1.21 bits per heavy atom. The Kier molecular flexibility index (Phi) is 27.5. The smallest absolute Gasteiger partial charge is 0.335 e. The quantitative estimate of drug-likeness (QED) is 0.0294. The van der Waals surface area contributed by atoms with E-state index in [2.05, 4.69) is 31.5 Å². The van der Waals surface area contributed by atoms with Gasteiger partial charge >= 0.3 is 35.1 Å². The average Bonchev–Trinajstić information content (AvgIpc) is 3.90. The number of nitrogens with one attached hydrogen (secondary N) is 4. The lowest BCUT2D eigenvalue weighted by molar-refractivity contribution is -0.145. The van der Waals surface area contributed by atoms with Gasteiger partial charge in [0, 0.05) is 93.8 Å². The highest BCUT2D eigenvalue weighted by Gasteiger charge is 2.39. The van der Waals surface area contributed by atoms with E-state index in [0.717, 1.165) is 6.26 Å². The van der Waals surface area contributed by atoms with Crippen molar-refractivity contribution in [2.24, 2.45) is 11.8 Å². The molecule has 28 heteroatoms. The summed E-state index contributed by atoms with van der Waals surface area (Å²) in [5.74, 6) is -8.03. The summed E-state index contributed by atoms with van der Waals surface area (Å²) in [6.07, 6.45) is 3.67. The van der Waals surface area contributed by atoms with Gasteiger partial charge in [0.15, 0.2) is 5.11 Å². The lowest BCUT2D eigenvalue weighted by atomic mass is 9.73. The SMILES string of the molecule is CS(=O)(=O)c1nnc(-c2ccc(NC(=O)CCC(=O)NCCCOCCOCCOCCCNC(=S)Nc3ccc(C[C@@H](CN(CC(=O)O)[C@@H]4CCCCC4C(CC(=O)O)CC(=O)O)N(CC(=O)O)CC(=O)O)cc3)cc2)o1. The summed E-state index contributed by atoms with van der Waals surface area (Å²) < 4.78 is 45.0. The molecule has 1 aliphatic rings. The molecule has 1 fully saturated rings. The summed E-state index contributed by atoms with van der Waals surface area (Å²) in [4.78, 5) is 87.3. The van der Waals surface area contributed by atoms with Crippen molar-refractivity contribution in [1.29, 1.82) is 0 Å². The summed E-state index contributed by atoms with van der Waals surface area (Å²) in [6, 6.07) is 12.0. The Balaban J connectivity index is 1.09. The van der Waals surface area contributed by atoms with Crippen LogP contribution in [0.2, 0.25) is 0 Å². The van der Waals surface area contributed by atoms with Crippen molar-refractivity contribution in [1.82, 2.24) is 30.6 Å². The number of aliphatic carboxylic acids is 5. The van der Waals surface area contributed by atoms with Gasteiger partial charge in [0.05, 0.1) is 46.1 Å². The number of aromatic nitrogens is 2. The fraction of sp³-hybridized carbons (Fsp3) is 0.560. The third-order valence-corrected chi connectivity index (χ3v) is 13.4. The number of sulfone groups is 1. The van der Waals surface area contributed by atoms with Gasteiger partial charge in [-0.25, -0.2) is 8.42 Å². The zero-order valence-corrected chi connectivity index (χ0v) is 45.0. The summed E-state index contributed by atoms with van der Waals surface area (Å²) >= 11 is 5.46. The van der Waals surface area contributed by atoms with Gasteiger partial charge in [-0.15, -0.1) is 5.10 Å². The van der Waals surface area contributed by atoms with Crippen molar-refractivity contribution in [3.8, 4) is 11.5 Å². The van der Waals surface area contributed by atoms with Crippen LogP contribution < -0.4 is 21.3 Å². The number of carboxylic acids is 5. The molecule has 9 N–H and O–H groups in total. The highest BCUT2D eigenvalue weighted by Crippen LogP contribution is 2.37. The third kappa shape index (κ3) is 24.8. The molecule has 78 heavy (non-hydrogen) atoms. The molecule has 3 atom stereocenters. The summed E-state index contributed by atoms with van der Waals surface area (Å²) in [5, 5.41) is 67.5. The summed E-state index contributed by atoms with van der Waals surface area (Å²) in [7, 11) is -3.64. The van der Waals surface area contributed by atoms with Crippen LogP contribution in [0.5, 0.6) is 0 Å². The molecule has 1 heterocycles. The first-order valence-corrected chi connectivity index (χ1v) is 27.6. The van der Waals surface area contributed by atoms with Crippen LogP contribution in [-0.4, -0.2) is 198 Å². The standard InChI is InChI=1S/C50H70N8O18S2/c1-78(71,72)50-56-55-48(76-50)34-10-14-36(15-11-34)53-42(60)17-16-41(59)51-18-4-20-73-22-24-75-25-23-74-21-5-19-52-49(77)54-37-12-8-33(9-13-37)26-38(57(30-45(65)66)31-46(67)68)29-58(32-47(69)70)40-7-3-2-6-39(40)35(27-43(61)62)28-44(63)64/h8-15,35,38-40H,2-7,16-32H2,1H3,(H,51,59)(H,53,60)(H,61,62)(H,63,64)(H,65,66)(H,67,68)(H,69,70)(H2,52,54,77)/t38-,39?,40+/m0/s1. The molecule has 0 saturated heterocycles. The van der Waals surface area contributed by atoms with E-state index in [4.69, 9.17) is 30.8 Å². The molecule has 1 saturated carbocycles. The lowest BCUT2D eigenvalue weighted by Crippen LogP contribution is -2.55. The van der Waals surface area contributed by atoms with Crippen molar-refractivity contribution in [3.63, 3.8) is 0 Å². The zero-order chi connectivity index (χ0) is 57.0. The van der Waals surface area contributed by atoms with E-state index >= 15 is 0 Å². The van der Waals surface area contributed by atoms with Crippen LogP contribution in [0.3, 0.4) is 0 Å². The third-order valence-electron chi connectivity index (χ3n) is 12.4. The molecule has 26 nitrogen and oxygen atoms in total. The first-order chi connectivity index (χ1) is 37.2. The van der Waals surface area contributed by atoms with Crippen LogP contribution in [0.15, 0.2) is 58.2 Å². The van der Waals surface area contributed by atoms with Gasteiger partial charge in [0.2, 0.25) is 27.5 Å². The number of ether oxygens (including phenoxy) is 3. The van der Waals surface area contributed by atoms with Crippen molar-refractivity contribution < 1.29 is 86.1 Å². The second-order valence-electron chi connectivity index (χ2n) is 18.6. The van der Waals surface area contributed by atoms with Gasteiger partial charge in [0.25, 0.3) is 0 Å². The fourth-order valence-corrected chi connectivity index (χ4v) is 9.54. The zero-order valence-electron chi connectivity index (χ0n) is 43.3. The number of hydrogen-bond donors (Lipinski definition) is 9. The molecule has 0 bridgehead atoms. The van der Waals surface area contributed by atoms with Gasteiger partial charge < -0.3 is 65.4 Å². The topological polar surface area (TPSA) is 376 Å². The first kappa shape index (κ1) is 63.8. The Hall–Kier alpha value is -6.69. The normalized spacial score (nSPS) is 14.9. The fourth-order valence-electron chi connectivity index (χ4n) is 8.90. The van der Waals surface area contributed by atoms with Crippen molar-refractivity contribution in [3.05, 3.63) is 54.1 Å². The molecule has 1 aromatic heterocycles. The Morgan fingerprint density at radius 3 is 1.76 bits per heavy atom. The number of nitrogens with zero attached hydrogens (tertiary/aromatic N) is 4. The average molecular weight is 1140 g/mol. The van der Waals surface area contributed by atoms with Crippen LogP contribution in [0, 0.1) is 11.8 Å². The van der Waals surface area contributed by atoms with Crippen LogP contribution in [0.25, 0.3) is 11.5 Å². The largest absolute Gasteiger partial charge is 0.481 e. The van der Waals surface area contributed by atoms with E-state index in [1.807, 2.05) is 0 Å². The summed E-state index contributed by atoms with van der Waals surface area (Å²) in [5.41, 5.74) is 2.24. The molecule has 3 aromatic rings. The van der Waals surface area contributed by atoms with Crippen molar-refractivity contribution in [2.45, 2.75) is 87.9 Å². The minimum absolute atomic E-state index is 0.00617. The molecule has 1 aliphatic carbocycles. The highest BCUT2D eigenvalue weighted by atomic mass is 32.2. The molecule has 430 valence electrons. The summed E-state index contributed by atoms with van der Waals surface area (Å²) in [6.45, 7) is 1.24. The van der Waals surface area contributed by atoms with E-state index in [-0.39, 0.29) is 43.5 Å². The van der Waals surface area contributed by atoms with E-state index in [1.54, 1.807) is 53.4 Å². The van der Waals surface area contributed by atoms with E-state index in [9.17, 15) is 67.5 Å². The monoisotopic (exact) mass is 1130 g/mol. The Labute approximate surface area is 456 Å². The molecular weight excluding hydrogens is 1060 g/mol. The van der Waals surface area contributed by atoms with Crippen LogP contribution in [-0.2, 0) is 64.0 Å². The molecule has 1 unspecified atom stereocenters. The van der Waals surface area contributed by atoms with Crippen LogP contribution in [0.4, 0.5) is 11.4 Å². The van der Waals surface area contributed by atoms with Crippen LogP contribution >= 0.6 is 12.2 Å². The minimum atomic E-state index is -3.64. The first-order valence-electron chi connectivity index (χ1n) is 25.3. The van der Waals surface area contributed by atoms with Gasteiger partial charge in [-0.05, 0) is 98.1 Å². The molecule has 0 radical (unpaired) electrons. The lowest BCUT2D eigenvalue weighted by Gasteiger charge is -2.44. The predicted molar refractivity (Wildman–Crippen MR) is 283 cm³/mol. The van der Waals surface area contributed by atoms with Gasteiger partial charge in [-0.3, -0.25) is 43.4 Å².